The van der Waals surface area contributed by atoms with Gasteiger partial charge in [-0.3, -0.25) is 0 Å². The zero-order valence-electron chi connectivity index (χ0n) is 9.06. The summed E-state index contributed by atoms with van der Waals surface area (Å²) in [6, 6.07) is 12.0. The Bertz CT molecular complexity index is 315. The third-order valence-electron chi connectivity index (χ3n) is 2.30. The lowest BCUT2D eigenvalue weighted by atomic mass is 10.1. The Morgan fingerprint density at radius 3 is 2.67 bits per heavy atom. The third-order valence-corrected chi connectivity index (χ3v) is 2.30. The predicted molar refractivity (Wildman–Crippen MR) is 61.2 cm³/mol. The highest BCUT2D eigenvalue weighted by molar-refractivity contribution is 5.14. The molecule has 3 nitrogen and oxygen atoms in total. The normalized spacial score (nSPS) is 12.4. The van der Waals surface area contributed by atoms with Crippen molar-refractivity contribution in [1.29, 1.82) is 5.26 Å². The maximum Gasteiger partial charge on any atom is 0.106 e. The predicted octanol–water partition coefficient (Wildman–Crippen LogP) is 1.01. The first-order valence-electron chi connectivity index (χ1n) is 5.10. The molecule has 0 amide bonds. The molecule has 1 aromatic rings. The van der Waals surface area contributed by atoms with Crippen LogP contribution in [0.15, 0.2) is 30.3 Å². The third kappa shape index (κ3) is 4.59. The van der Waals surface area contributed by atoms with Gasteiger partial charge in [-0.25, -0.2) is 0 Å². The number of benzene rings is 1. The van der Waals surface area contributed by atoms with Gasteiger partial charge in [0.15, 0.2) is 0 Å². The smallest absolute Gasteiger partial charge is 0.106 e. The summed E-state index contributed by atoms with van der Waals surface area (Å²) >= 11 is 0. The highest BCUT2D eigenvalue weighted by Crippen LogP contribution is 2.00. The largest absolute Gasteiger partial charge is 0.315 e. The molecule has 80 valence electrons. The summed E-state index contributed by atoms with van der Waals surface area (Å²) in [5, 5.41) is 8.57. The zero-order valence-corrected chi connectivity index (χ0v) is 9.06. The molecular weight excluding hydrogens is 186 g/mol. The SMILES string of the molecule is CN(CCc1ccccc1)CC(N)C#N. The van der Waals surface area contributed by atoms with Crippen LogP contribution < -0.4 is 5.73 Å². The summed E-state index contributed by atoms with van der Waals surface area (Å²) in [6.07, 6.45) is 0.996. The fraction of sp³-hybridized carbons (Fsp3) is 0.417. The molecule has 15 heavy (non-hydrogen) atoms. The molecule has 0 fully saturated rings. The molecule has 0 radical (unpaired) electrons. The van der Waals surface area contributed by atoms with Crippen molar-refractivity contribution in [2.75, 3.05) is 20.1 Å². The van der Waals surface area contributed by atoms with Gasteiger partial charge in [-0.2, -0.15) is 5.26 Å². The van der Waals surface area contributed by atoms with Gasteiger partial charge in [0.2, 0.25) is 0 Å². The maximum atomic E-state index is 8.57. The average Bonchev–Trinajstić information content (AvgIpc) is 2.27. The maximum absolute atomic E-state index is 8.57. The first-order valence-corrected chi connectivity index (χ1v) is 5.10. The van der Waals surface area contributed by atoms with Crippen LogP contribution in [-0.2, 0) is 6.42 Å². The number of hydrogen-bond donors (Lipinski definition) is 1. The van der Waals surface area contributed by atoms with Gasteiger partial charge >= 0.3 is 0 Å². The van der Waals surface area contributed by atoms with E-state index in [2.05, 4.69) is 17.0 Å². The summed E-state index contributed by atoms with van der Waals surface area (Å²) in [5.41, 5.74) is 6.85. The van der Waals surface area contributed by atoms with Gasteiger partial charge in [0.25, 0.3) is 0 Å². The number of nitrogens with two attached hydrogens (primary N) is 1. The Morgan fingerprint density at radius 1 is 1.40 bits per heavy atom. The molecule has 0 saturated carbocycles. The van der Waals surface area contributed by atoms with Crippen molar-refractivity contribution in [2.45, 2.75) is 12.5 Å². The van der Waals surface area contributed by atoms with Crippen molar-refractivity contribution < 1.29 is 0 Å². The minimum absolute atomic E-state index is 0.384. The van der Waals surface area contributed by atoms with Crippen molar-refractivity contribution in [1.82, 2.24) is 4.90 Å². The van der Waals surface area contributed by atoms with Crippen LogP contribution in [0.25, 0.3) is 0 Å². The van der Waals surface area contributed by atoms with E-state index in [1.54, 1.807) is 0 Å². The van der Waals surface area contributed by atoms with E-state index >= 15 is 0 Å². The van der Waals surface area contributed by atoms with Crippen LogP contribution >= 0.6 is 0 Å². The molecule has 1 unspecified atom stereocenters. The lowest BCUT2D eigenvalue weighted by molar-refractivity contribution is 0.332. The second kappa shape index (κ2) is 6.18. The highest BCUT2D eigenvalue weighted by Gasteiger charge is 2.04. The van der Waals surface area contributed by atoms with E-state index < -0.39 is 0 Å². The summed E-state index contributed by atoms with van der Waals surface area (Å²) < 4.78 is 0. The monoisotopic (exact) mass is 203 g/mol. The van der Waals surface area contributed by atoms with Gasteiger partial charge in [0.1, 0.15) is 6.04 Å². The van der Waals surface area contributed by atoms with Crippen LogP contribution in [0.3, 0.4) is 0 Å². The molecule has 0 aliphatic carbocycles. The molecule has 0 aliphatic heterocycles. The molecule has 0 aromatic heterocycles. The molecule has 0 heterocycles. The van der Waals surface area contributed by atoms with Crippen LogP contribution in [-0.4, -0.2) is 31.1 Å². The van der Waals surface area contributed by atoms with Gasteiger partial charge in [0, 0.05) is 13.1 Å². The van der Waals surface area contributed by atoms with Gasteiger partial charge < -0.3 is 10.6 Å². The Hall–Kier alpha value is -1.37. The molecule has 0 bridgehead atoms. The van der Waals surface area contributed by atoms with Gasteiger partial charge in [-0.15, -0.1) is 0 Å². The summed E-state index contributed by atoms with van der Waals surface area (Å²) in [4.78, 5) is 2.08. The molecule has 2 N–H and O–H groups in total. The van der Waals surface area contributed by atoms with E-state index in [0.717, 1.165) is 13.0 Å². The van der Waals surface area contributed by atoms with Crippen molar-refractivity contribution in [3.05, 3.63) is 35.9 Å². The number of hydrogen-bond acceptors (Lipinski definition) is 3. The molecule has 3 heteroatoms. The molecule has 1 rings (SSSR count). The molecule has 0 aliphatic rings. The average molecular weight is 203 g/mol. The lowest BCUT2D eigenvalue weighted by Crippen LogP contribution is -2.35. The number of rotatable bonds is 5. The van der Waals surface area contributed by atoms with E-state index in [-0.39, 0.29) is 6.04 Å². The second-order valence-electron chi connectivity index (χ2n) is 3.73. The van der Waals surface area contributed by atoms with E-state index in [1.807, 2.05) is 31.3 Å². The van der Waals surface area contributed by atoms with Crippen molar-refractivity contribution >= 4 is 0 Å². The minimum atomic E-state index is -0.384. The fourth-order valence-electron chi connectivity index (χ4n) is 1.43. The lowest BCUT2D eigenvalue weighted by Gasteiger charge is -2.17. The number of likely N-dealkylation sites (N-methyl/N-ethyl adjacent to an activating group) is 1. The standard InChI is InChI=1S/C12H17N3/c1-15(10-12(14)9-13)8-7-11-5-3-2-4-6-11/h2-6,12H,7-8,10,14H2,1H3. The Balaban J connectivity index is 2.29. The Kier molecular flexibility index (Phi) is 4.82. The molecule has 0 saturated heterocycles. The molecule has 0 spiro atoms. The highest BCUT2D eigenvalue weighted by atomic mass is 15.1. The van der Waals surface area contributed by atoms with Gasteiger partial charge in [-0.1, -0.05) is 30.3 Å². The Labute approximate surface area is 91.1 Å². The van der Waals surface area contributed by atoms with Crippen LogP contribution in [0.5, 0.6) is 0 Å². The molecular formula is C12H17N3. The van der Waals surface area contributed by atoms with Crippen LogP contribution in [0.1, 0.15) is 5.56 Å². The zero-order chi connectivity index (χ0) is 11.1. The fourth-order valence-corrected chi connectivity index (χ4v) is 1.43. The summed E-state index contributed by atoms with van der Waals surface area (Å²) in [6.45, 7) is 1.56. The van der Waals surface area contributed by atoms with E-state index in [4.69, 9.17) is 11.0 Å². The molecule has 1 aromatic carbocycles. The van der Waals surface area contributed by atoms with E-state index in [1.165, 1.54) is 5.56 Å². The first-order chi connectivity index (χ1) is 7.22. The summed E-state index contributed by atoms with van der Waals surface area (Å²) in [5.74, 6) is 0. The quantitative estimate of drug-likeness (QED) is 0.777. The topological polar surface area (TPSA) is 53.0 Å². The van der Waals surface area contributed by atoms with Gasteiger partial charge in [-0.05, 0) is 19.0 Å². The molecule has 1 atom stereocenters. The summed E-state index contributed by atoms with van der Waals surface area (Å²) in [7, 11) is 1.99. The Morgan fingerprint density at radius 2 is 2.07 bits per heavy atom. The number of nitrogens with zero attached hydrogens (tertiary/aromatic N) is 2. The number of nitriles is 1. The van der Waals surface area contributed by atoms with Gasteiger partial charge in [0.05, 0.1) is 6.07 Å². The van der Waals surface area contributed by atoms with E-state index in [0.29, 0.717) is 6.54 Å². The van der Waals surface area contributed by atoms with Crippen molar-refractivity contribution in [3.63, 3.8) is 0 Å². The van der Waals surface area contributed by atoms with E-state index in [9.17, 15) is 0 Å². The van der Waals surface area contributed by atoms with Crippen LogP contribution in [0, 0.1) is 11.3 Å². The van der Waals surface area contributed by atoms with Crippen LogP contribution in [0.2, 0.25) is 0 Å². The van der Waals surface area contributed by atoms with Crippen LogP contribution in [0.4, 0.5) is 0 Å². The van der Waals surface area contributed by atoms with Crippen molar-refractivity contribution in [3.8, 4) is 6.07 Å². The minimum Gasteiger partial charge on any atom is -0.315 e. The first kappa shape index (κ1) is 11.7. The second-order valence-corrected chi connectivity index (χ2v) is 3.73. The van der Waals surface area contributed by atoms with Crippen molar-refractivity contribution in [2.24, 2.45) is 5.73 Å².